The van der Waals surface area contributed by atoms with Crippen molar-refractivity contribution in [2.75, 3.05) is 0 Å². The first-order chi connectivity index (χ1) is 4.61. The van der Waals surface area contributed by atoms with Crippen molar-refractivity contribution in [1.82, 2.24) is 9.78 Å². The van der Waals surface area contributed by atoms with E-state index in [9.17, 15) is 0 Å². The molecule has 1 aromatic rings. The van der Waals surface area contributed by atoms with Crippen molar-refractivity contribution < 1.29 is 5.11 Å². The topological polar surface area (TPSA) is 87.9 Å². The van der Waals surface area contributed by atoms with Gasteiger partial charge >= 0.3 is 0 Å². The van der Waals surface area contributed by atoms with E-state index in [0.29, 0.717) is 5.69 Å². The normalized spacial score (nSPS) is 9.70. The van der Waals surface area contributed by atoms with Crippen LogP contribution in [0.5, 0.6) is 5.88 Å². The van der Waals surface area contributed by atoms with Crippen molar-refractivity contribution in [3.05, 3.63) is 11.8 Å². The van der Waals surface area contributed by atoms with E-state index in [1.54, 1.807) is 6.92 Å². The van der Waals surface area contributed by atoms with E-state index in [0.717, 1.165) is 4.68 Å². The number of hydrogen-bond donors (Lipinski definition) is 3. The van der Waals surface area contributed by atoms with Crippen LogP contribution in [0.1, 0.15) is 5.69 Å². The molecule has 4 N–H and O–H groups in total. The number of aryl methyl sites for hydroxylation is 1. The second-order valence-electron chi connectivity index (χ2n) is 1.94. The van der Waals surface area contributed by atoms with E-state index in [4.69, 9.17) is 16.2 Å². The van der Waals surface area contributed by atoms with Crippen LogP contribution >= 0.6 is 0 Å². The molecule has 10 heavy (non-hydrogen) atoms. The molecular weight excluding hydrogens is 132 g/mol. The van der Waals surface area contributed by atoms with Gasteiger partial charge in [-0.3, -0.25) is 5.41 Å². The van der Waals surface area contributed by atoms with Crippen LogP contribution in [-0.2, 0) is 0 Å². The first-order valence-electron chi connectivity index (χ1n) is 2.71. The quantitative estimate of drug-likeness (QED) is 0.339. The molecule has 0 saturated heterocycles. The molecule has 0 aliphatic carbocycles. The van der Waals surface area contributed by atoms with Crippen LogP contribution in [0.3, 0.4) is 0 Å². The lowest BCUT2D eigenvalue weighted by Crippen LogP contribution is -2.21. The summed E-state index contributed by atoms with van der Waals surface area (Å²) in [6.07, 6.45) is 0. The molecule has 54 valence electrons. The number of hydrogen-bond acceptors (Lipinski definition) is 3. The van der Waals surface area contributed by atoms with Crippen LogP contribution < -0.4 is 5.73 Å². The van der Waals surface area contributed by atoms with Gasteiger partial charge in [0.1, 0.15) is 0 Å². The fourth-order valence-electron chi connectivity index (χ4n) is 0.663. The highest BCUT2D eigenvalue weighted by molar-refractivity contribution is 5.77. The number of nitrogen functional groups attached to an aromatic ring is 1. The SMILES string of the molecule is Cc1cc(O)n(C(=N)N)n1. The van der Waals surface area contributed by atoms with Crippen LogP contribution in [0.25, 0.3) is 0 Å². The zero-order chi connectivity index (χ0) is 7.72. The summed E-state index contributed by atoms with van der Waals surface area (Å²) in [7, 11) is 0. The first kappa shape index (κ1) is 6.60. The summed E-state index contributed by atoms with van der Waals surface area (Å²) in [4.78, 5) is 0. The Hall–Kier alpha value is -1.52. The average Bonchev–Trinajstić information content (AvgIpc) is 2.10. The lowest BCUT2D eigenvalue weighted by molar-refractivity contribution is 0.438. The number of nitrogens with one attached hydrogen (secondary N) is 1. The number of aromatic nitrogens is 2. The molecule has 0 unspecified atom stereocenters. The maximum Gasteiger partial charge on any atom is 0.217 e. The average molecular weight is 140 g/mol. The third kappa shape index (κ3) is 0.928. The summed E-state index contributed by atoms with van der Waals surface area (Å²) >= 11 is 0. The van der Waals surface area contributed by atoms with Crippen molar-refractivity contribution in [2.45, 2.75) is 6.92 Å². The van der Waals surface area contributed by atoms with Crippen LogP contribution in [0, 0.1) is 12.3 Å². The Kier molecular flexibility index (Phi) is 1.33. The zero-order valence-corrected chi connectivity index (χ0v) is 5.50. The van der Waals surface area contributed by atoms with Gasteiger partial charge in [0.15, 0.2) is 0 Å². The molecule has 5 heteroatoms. The van der Waals surface area contributed by atoms with E-state index in [1.807, 2.05) is 0 Å². The Morgan fingerprint density at radius 2 is 2.50 bits per heavy atom. The molecule has 0 aliphatic rings. The van der Waals surface area contributed by atoms with Gasteiger partial charge in [0.2, 0.25) is 11.8 Å². The van der Waals surface area contributed by atoms with E-state index < -0.39 is 0 Å². The van der Waals surface area contributed by atoms with Crippen LogP contribution in [0.2, 0.25) is 0 Å². The second-order valence-corrected chi connectivity index (χ2v) is 1.94. The highest BCUT2D eigenvalue weighted by Crippen LogP contribution is 2.08. The van der Waals surface area contributed by atoms with E-state index in [1.165, 1.54) is 6.07 Å². The van der Waals surface area contributed by atoms with E-state index >= 15 is 0 Å². The minimum absolute atomic E-state index is 0.106. The number of rotatable bonds is 0. The molecule has 1 heterocycles. The molecule has 0 aromatic carbocycles. The van der Waals surface area contributed by atoms with Gasteiger partial charge in [0, 0.05) is 6.07 Å². The number of nitrogens with zero attached hydrogens (tertiary/aromatic N) is 2. The second kappa shape index (κ2) is 2.02. The van der Waals surface area contributed by atoms with Crippen molar-refractivity contribution in [3.8, 4) is 5.88 Å². The monoisotopic (exact) mass is 140 g/mol. The van der Waals surface area contributed by atoms with Crippen LogP contribution in [-0.4, -0.2) is 20.8 Å². The molecule has 0 fully saturated rings. The summed E-state index contributed by atoms with van der Waals surface area (Å²) in [5, 5.41) is 19.6. The molecular formula is C5H8N4O. The predicted octanol–water partition coefficient (Wildman–Crippen LogP) is -0.361. The third-order valence-electron chi connectivity index (χ3n) is 1.04. The van der Waals surface area contributed by atoms with Gasteiger partial charge in [-0.1, -0.05) is 0 Å². The van der Waals surface area contributed by atoms with Gasteiger partial charge in [0.25, 0.3) is 0 Å². The molecule has 1 aromatic heterocycles. The molecule has 0 spiro atoms. The molecule has 0 amide bonds. The Morgan fingerprint density at radius 3 is 2.70 bits per heavy atom. The molecule has 0 radical (unpaired) electrons. The lowest BCUT2D eigenvalue weighted by Gasteiger charge is -1.95. The van der Waals surface area contributed by atoms with Gasteiger partial charge in [0.05, 0.1) is 5.69 Å². The maximum atomic E-state index is 8.98. The van der Waals surface area contributed by atoms with Gasteiger partial charge in [-0.25, -0.2) is 0 Å². The maximum absolute atomic E-state index is 8.98. The summed E-state index contributed by atoms with van der Waals surface area (Å²) in [5.74, 6) is -0.393. The Morgan fingerprint density at radius 1 is 1.90 bits per heavy atom. The molecule has 0 bridgehead atoms. The summed E-state index contributed by atoms with van der Waals surface area (Å²) < 4.78 is 0.954. The van der Waals surface area contributed by atoms with Gasteiger partial charge < -0.3 is 10.8 Å². The van der Waals surface area contributed by atoms with Crippen molar-refractivity contribution in [3.63, 3.8) is 0 Å². The number of nitrogens with two attached hydrogens (primary N) is 1. The third-order valence-corrected chi connectivity index (χ3v) is 1.04. The smallest absolute Gasteiger partial charge is 0.217 e. The van der Waals surface area contributed by atoms with E-state index in [-0.39, 0.29) is 11.8 Å². The van der Waals surface area contributed by atoms with Gasteiger partial charge in [-0.05, 0) is 6.92 Å². The lowest BCUT2D eigenvalue weighted by atomic mass is 10.5. The minimum Gasteiger partial charge on any atom is -0.493 e. The fourth-order valence-corrected chi connectivity index (χ4v) is 0.663. The van der Waals surface area contributed by atoms with Crippen LogP contribution in [0.15, 0.2) is 6.07 Å². The van der Waals surface area contributed by atoms with Crippen LogP contribution in [0.4, 0.5) is 0 Å². The highest BCUT2D eigenvalue weighted by atomic mass is 16.3. The summed E-state index contributed by atoms with van der Waals surface area (Å²) in [6, 6.07) is 1.43. The summed E-state index contributed by atoms with van der Waals surface area (Å²) in [5.41, 5.74) is 5.68. The first-order valence-corrected chi connectivity index (χ1v) is 2.71. The molecule has 1 rings (SSSR count). The largest absolute Gasteiger partial charge is 0.493 e. The molecule has 0 aliphatic heterocycles. The molecule has 0 atom stereocenters. The Labute approximate surface area is 57.6 Å². The standard InChI is InChI=1S/C5H8N4O/c1-3-2-4(10)9(8-3)5(6)7/h2,10H,1H3,(H3,6,7). The van der Waals surface area contributed by atoms with Gasteiger partial charge in [-0.2, -0.15) is 9.78 Å². The molecule has 5 nitrogen and oxygen atoms in total. The fraction of sp³-hybridized carbons (Fsp3) is 0.200. The van der Waals surface area contributed by atoms with Crippen molar-refractivity contribution in [2.24, 2.45) is 5.73 Å². The molecule has 0 saturated carbocycles. The zero-order valence-electron chi connectivity index (χ0n) is 5.50. The van der Waals surface area contributed by atoms with E-state index in [2.05, 4.69) is 5.10 Å². The number of aromatic hydroxyl groups is 1. The Balaban J connectivity index is 3.15. The van der Waals surface area contributed by atoms with Crippen molar-refractivity contribution >= 4 is 5.96 Å². The minimum atomic E-state index is -0.286. The predicted molar refractivity (Wildman–Crippen MR) is 35.9 cm³/mol. The summed E-state index contributed by atoms with van der Waals surface area (Å²) in [6.45, 7) is 1.71. The van der Waals surface area contributed by atoms with Gasteiger partial charge in [-0.15, -0.1) is 0 Å². The highest BCUT2D eigenvalue weighted by Gasteiger charge is 2.03. The Bertz CT molecular complexity index is 265. The van der Waals surface area contributed by atoms with Crippen molar-refractivity contribution in [1.29, 1.82) is 5.41 Å².